The predicted molar refractivity (Wildman–Crippen MR) is 113 cm³/mol. The smallest absolute Gasteiger partial charge is 0.307 e. The molecule has 0 radical (unpaired) electrons. The summed E-state index contributed by atoms with van der Waals surface area (Å²) in [5, 5.41) is 15.6. The molecule has 4 aliphatic carbocycles. The summed E-state index contributed by atoms with van der Waals surface area (Å²) in [7, 11) is 0. The van der Waals surface area contributed by atoms with Crippen LogP contribution in [0.25, 0.3) is 0 Å². The Balaban J connectivity index is 1.20. The number of hydrazone groups is 1. The number of hydrogen-bond acceptors (Lipinski definition) is 6. The zero-order valence-electron chi connectivity index (χ0n) is 16.8. The summed E-state index contributed by atoms with van der Waals surface area (Å²) in [6.45, 7) is -0.0182. The standard InChI is InChI=1S/C22H22ClN3O5/c23-18-3-1-16(26(28)29)10-20(18)30-11-17-2-4-19(31-17)22(27)25-24-21-14-6-12-5-13(8-14)9-15(21)7-12/h1-4,10,12-15H,5-9,11H2,(H,25,27). The molecule has 2 aromatic rings. The third-order valence-electron chi connectivity index (χ3n) is 6.64. The third-order valence-corrected chi connectivity index (χ3v) is 6.95. The van der Waals surface area contributed by atoms with Gasteiger partial charge in [0.05, 0.1) is 16.0 Å². The molecule has 6 rings (SSSR count). The van der Waals surface area contributed by atoms with Crippen molar-refractivity contribution in [1.82, 2.24) is 5.43 Å². The number of rotatable bonds is 6. The first-order valence-corrected chi connectivity index (χ1v) is 10.9. The Labute approximate surface area is 183 Å². The van der Waals surface area contributed by atoms with Gasteiger partial charge in [-0.1, -0.05) is 11.6 Å². The van der Waals surface area contributed by atoms with Crippen LogP contribution in [0.3, 0.4) is 0 Å². The summed E-state index contributed by atoms with van der Waals surface area (Å²) in [5.74, 6) is 3.00. The summed E-state index contributed by atoms with van der Waals surface area (Å²) < 4.78 is 11.1. The fourth-order valence-corrected chi connectivity index (χ4v) is 5.63. The maximum Gasteiger partial charge on any atom is 0.307 e. The van der Waals surface area contributed by atoms with Gasteiger partial charge in [-0.25, -0.2) is 5.43 Å². The highest BCUT2D eigenvalue weighted by molar-refractivity contribution is 6.32. The minimum absolute atomic E-state index is 0.0182. The molecule has 0 unspecified atom stereocenters. The molecule has 162 valence electrons. The van der Waals surface area contributed by atoms with E-state index in [0.717, 1.165) is 17.5 Å². The van der Waals surface area contributed by atoms with Gasteiger partial charge in [-0.2, -0.15) is 5.10 Å². The highest BCUT2D eigenvalue weighted by Gasteiger charge is 2.46. The maximum atomic E-state index is 12.5. The molecule has 31 heavy (non-hydrogen) atoms. The molecule has 1 heterocycles. The number of carbonyl (C=O) groups excluding carboxylic acids is 1. The van der Waals surface area contributed by atoms with Crippen LogP contribution in [-0.4, -0.2) is 16.5 Å². The molecule has 0 atom stereocenters. The van der Waals surface area contributed by atoms with Crippen LogP contribution >= 0.6 is 11.6 Å². The monoisotopic (exact) mass is 443 g/mol. The lowest BCUT2D eigenvalue weighted by Gasteiger charge is -2.50. The van der Waals surface area contributed by atoms with Crippen molar-refractivity contribution in [3.63, 3.8) is 0 Å². The number of amides is 1. The summed E-state index contributed by atoms with van der Waals surface area (Å²) in [6.07, 6.45) is 6.16. The molecular formula is C22H22ClN3O5. The van der Waals surface area contributed by atoms with Gasteiger partial charge in [-0.15, -0.1) is 0 Å². The van der Waals surface area contributed by atoms with Gasteiger partial charge in [0.25, 0.3) is 5.69 Å². The average molecular weight is 444 g/mol. The average Bonchev–Trinajstić information content (AvgIpc) is 3.21. The van der Waals surface area contributed by atoms with Crippen molar-refractivity contribution in [2.24, 2.45) is 28.8 Å². The number of nitrogens with zero attached hydrogens (tertiary/aromatic N) is 2. The van der Waals surface area contributed by atoms with Crippen molar-refractivity contribution >= 4 is 28.9 Å². The Kier molecular flexibility index (Phi) is 5.17. The first kappa shape index (κ1) is 20.1. The molecule has 0 aliphatic heterocycles. The van der Waals surface area contributed by atoms with E-state index >= 15 is 0 Å². The number of halogens is 1. The lowest BCUT2D eigenvalue weighted by molar-refractivity contribution is -0.384. The van der Waals surface area contributed by atoms with Gasteiger partial charge < -0.3 is 9.15 Å². The first-order chi connectivity index (χ1) is 15.0. The van der Waals surface area contributed by atoms with E-state index < -0.39 is 10.8 Å². The largest absolute Gasteiger partial charge is 0.484 e. The fraction of sp³-hybridized carbons (Fsp3) is 0.455. The van der Waals surface area contributed by atoms with Crippen LogP contribution in [-0.2, 0) is 6.61 Å². The zero-order valence-corrected chi connectivity index (χ0v) is 17.5. The van der Waals surface area contributed by atoms with Crippen LogP contribution < -0.4 is 10.2 Å². The summed E-state index contributed by atoms with van der Waals surface area (Å²) >= 11 is 6.03. The Morgan fingerprint density at radius 1 is 1.16 bits per heavy atom. The zero-order chi connectivity index (χ0) is 21.5. The van der Waals surface area contributed by atoms with Gasteiger partial charge in [0.2, 0.25) is 0 Å². The van der Waals surface area contributed by atoms with Crippen LogP contribution in [0.15, 0.2) is 39.9 Å². The lowest BCUT2D eigenvalue weighted by atomic mass is 9.55. The minimum Gasteiger partial charge on any atom is -0.484 e. The molecule has 4 aliphatic rings. The number of ether oxygens (including phenoxy) is 1. The summed E-state index contributed by atoms with van der Waals surface area (Å²) in [6, 6.07) is 7.13. The van der Waals surface area contributed by atoms with Crippen molar-refractivity contribution in [2.75, 3.05) is 0 Å². The van der Waals surface area contributed by atoms with Crippen molar-refractivity contribution in [1.29, 1.82) is 0 Å². The normalized spacial score (nSPS) is 26.0. The molecule has 1 aromatic carbocycles. The minimum atomic E-state index is -0.524. The molecule has 4 saturated carbocycles. The van der Waals surface area contributed by atoms with Crippen molar-refractivity contribution in [3.05, 3.63) is 57.0 Å². The van der Waals surface area contributed by atoms with E-state index in [-0.39, 0.29) is 28.8 Å². The second kappa shape index (κ2) is 8.00. The highest BCUT2D eigenvalue weighted by atomic mass is 35.5. The maximum absolute atomic E-state index is 12.5. The van der Waals surface area contributed by atoms with Crippen molar-refractivity contribution in [3.8, 4) is 5.75 Å². The Bertz CT molecular complexity index is 1030. The number of non-ortho nitro benzene ring substituents is 1. The van der Waals surface area contributed by atoms with Gasteiger partial charge in [0.1, 0.15) is 18.1 Å². The number of nitro groups is 1. The molecule has 1 amide bonds. The van der Waals surface area contributed by atoms with Gasteiger partial charge in [0.15, 0.2) is 5.76 Å². The molecule has 1 aromatic heterocycles. The van der Waals surface area contributed by atoms with E-state index in [2.05, 4.69) is 10.5 Å². The quantitative estimate of drug-likeness (QED) is 0.501. The molecule has 4 bridgehead atoms. The number of benzene rings is 1. The van der Waals surface area contributed by atoms with E-state index in [4.69, 9.17) is 20.8 Å². The van der Waals surface area contributed by atoms with E-state index in [9.17, 15) is 14.9 Å². The topological polar surface area (TPSA) is 107 Å². The van der Waals surface area contributed by atoms with Gasteiger partial charge >= 0.3 is 5.91 Å². The lowest BCUT2D eigenvalue weighted by Crippen LogP contribution is -2.46. The van der Waals surface area contributed by atoms with E-state index in [1.165, 1.54) is 50.3 Å². The van der Waals surface area contributed by atoms with E-state index in [1.54, 1.807) is 12.1 Å². The number of nitrogens with one attached hydrogen (secondary N) is 1. The van der Waals surface area contributed by atoms with E-state index in [1.807, 2.05) is 0 Å². The van der Waals surface area contributed by atoms with Gasteiger partial charge in [-0.3, -0.25) is 14.9 Å². The number of carbonyl (C=O) groups is 1. The Morgan fingerprint density at radius 3 is 2.55 bits per heavy atom. The third kappa shape index (κ3) is 4.04. The van der Waals surface area contributed by atoms with Gasteiger partial charge in [-0.05, 0) is 74.0 Å². The number of furan rings is 1. The molecule has 0 saturated heterocycles. The fourth-order valence-electron chi connectivity index (χ4n) is 5.46. The first-order valence-electron chi connectivity index (χ1n) is 10.5. The second-order valence-electron chi connectivity index (χ2n) is 8.71. The SMILES string of the molecule is O=C(NN=C1C2CC3CC(C2)CC1C3)c1ccc(COc2cc([N+](=O)[O-])ccc2Cl)o1. The molecule has 9 heteroatoms. The molecule has 0 spiro atoms. The second-order valence-corrected chi connectivity index (χ2v) is 9.12. The number of hydrogen-bond donors (Lipinski definition) is 1. The Morgan fingerprint density at radius 2 is 1.87 bits per heavy atom. The highest BCUT2D eigenvalue weighted by Crippen LogP contribution is 2.52. The van der Waals surface area contributed by atoms with Crippen molar-refractivity contribution in [2.45, 2.75) is 38.7 Å². The molecule has 1 N–H and O–H groups in total. The van der Waals surface area contributed by atoms with Crippen LogP contribution in [0.1, 0.15) is 48.4 Å². The number of nitro benzene ring substituents is 1. The van der Waals surface area contributed by atoms with Crippen LogP contribution in [0.4, 0.5) is 5.69 Å². The van der Waals surface area contributed by atoms with Crippen LogP contribution in [0.5, 0.6) is 5.75 Å². The summed E-state index contributed by atoms with van der Waals surface area (Å²) in [5.41, 5.74) is 3.69. The van der Waals surface area contributed by atoms with Gasteiger partial charge in [0, 0.05) is 11.8 Å². The molecule has 4 fully saturated rings. The van der Waals surface area contributed by atoms with Crippen LogP contribution in [0.2, 0.25) is 5.02 Å². The van der Waals surface area contributed by atoms with E-state index in [0.29, 0.717) is 17.6 Å². The molecular weight excluding hydrogens is 422 g/mol. The van der Waals surface area contributed by atoms with Crippen LogP contribution in [0, 0.1) is 33.8 Å². The predicted octanol–water partition coefficient (Wildman–Crippen LogP) is 4.96. The van der Waals surface area contributed by atoms with Crippen molar-refractivity contribution < 1.29 is 18.9 Å². The Hall–Kier alpha value is -2.87. The molecule has 8 nitrogen and oxygen atoms in total. The summed E-state index contributed by atoms with van der Waals surface area (Å²) in [4.78, 5) is 22.9.